The number of aliphatic carboxylic acids is 1. The van der Waals surface area contributed by atoms with Gasteiger partial charge in [0.2, 0.25) is 5.67 Å². The van der Waals surface area contributed by atoms with Crippen molar-refractivity contribution in [3.63, 3.8) is 0 Å². The Balaban J connectivity index is 2.06. The molecule has 0 bridgehead atoms. The molecule has 1 aromatic carbocycles. The maximum atomic E-state index is 14.7. The molecular formula is C17H23FO5. The van der Waals surface area contributed by atoms with Crippen LogP contribution in [0.1, 0.15) is 25.8 Å². The minimum absolute atomic E-state index is 0.0856. The van der Waals surface area contributed by atoms with Crippen molar-refractivity contribution in [1.29, 1.82) is 0 Å². The zero-order valence-corrected chi connectivity index (χ0v) is 13.5. The second-order valence-corrected chi connectivity index (χ2v) is 5.58. The zero-order valence-electron chi connectivity index (χ0n) is 13.5. The number of hydrogen-bond donors (Lipinski definition) is 1. The Hall–Kier alpha value is -1.50. The first-order chi connectivity index (χ1) is 11.0. The summed E-state index contributed by atoms with van der Waals surface area (Å²) in [5.74, 6) is -3.73. The number of carboxylic acid groups (broad SMARTS) is 1. The van der Waals surface area contributed by atoms with Gasteiger partial charge in [-0.1, -0.05) is 30.3 Å². The van der Waals surface area contributed by atoms with Crippen LogP contribution in [0, 0.1) is 5.92 Å². The quantitative estimate of drug-likeness (QED) is 0.707. The van der Waals surface area contributed by atoms with E-state index >= 15 is 0 Å². The van der Waals surface area contributed by atoms with Crippen LogP contribution in [0.4, 0.5) is 4.39 Å². The van der Waals surface area contributed by atoms with E-state index in [1.807, 2.05) is 30.3 Å². The molecule has 6 heteroatoms. The first-order valence-corrected chi connectivity index (χ1v) is 7.80. The molecule has 0 saturated heterocycles. The molecule has 0 spiro atoms. The number of alkyl halides is 1. The molecule has 5 nitrogen and oxygen atoms in total. The normalized spacial score (nSPS) is 25.8. The van der Waals surface area contributed by atoms with Gasteiger partial charge in [-0.2, -0.15) is 0 Å². The van der Waals surface area contributed by atoms with E-state index in [-0.39, 0.29) is 19.6 Å². The Labute approximate surface area is 135 Å². The fraction of sp³-hybridized carbons (Fsp3) is 0.588. The number of benzene rings is 1. The zero-order chi connectivity index (χ0) is 16.9. The van der Waals surface area contributed by atoms with Crippen LogP contribution in [-0.4, -0.2) is 42.4 Å². The molecule has 1 N–H and O–H groups in total. The van der Waals surface area contributed by atoms with E-state index in [2.05, 4.69) is 0 Å². The van der Waals surface area contributed by atoms with Gasteiger partial charge in [-0.3, -0.25) is 0 Å². The van der Waals surface area contributed by atoms with Crippen molar-refractivity contribution in [2.45, 2.75) is 38.3 Å². The third kappa shape index (κ3) is 3.54. The third-order valence-electron chi connectivity index (χ3n) is 4.12. The van der Waals surface area contributed by atoms with Crippen molar-refractivity contribution in [3.8, 4) is 0 Å². The van der Waals surface area contributed by atoms with Crippen LogP contribution in [0.3, 0.4) is 0 Å². The molecule has 2 unspecified atom stereocenters. The minimum Gasteiger partial charge on any atom is -0.479 e. The number of ether oxygens (including phenoxy) is 3. The molecular weight excluding hydrogens is 303 g/mol. The highest BCUT2D eigenvalue weighted by molar-refractivity contribution is 5.80. The van der Waals surface area contributed by atoms with Crippen LogP contribution in [0.5, 0.6) is 0 Å². The molecule has 0 radical (unpaired) electrons. The average molecular weight is 326 g/mol. The van der Waals surface area contributed by atoms with Gasteiger partial charge < -0.3 is 19.3 Å². The summed E-state index contributed by atoms with van der Waals surface area (Å²) in [5.41, 5.74) is -1.45. The highest BCUT2D eigenvalue weighted by Crippen LogP contribution is 2.53. The number of carbonyl (C=O) groups is 1. The maximum absolute atomic E-state index is 14.7. The smallest absolute Gasteiger partial charge is 0.342 e. The van der Waals surface area contributed by atoms with Gasteiger partial charge in [0.05, 0.1) is 19.1 Å². The van der Waals surface area contributed by atoms with Gasteiger partial charge in [-0.05, 0) is 19.4 Å². The molecule has 1 fully saturated rings. The van der Waals surface area contributed by atoms with Crippen LogP contribution in [0.25, 0.3) is 0 Å². The van der Waals surface area contributed by atoms with Gasteiger partial charge in [0.25, 0.3) is 0 Å². The average Bonchev–Trinajstić information content (AvgIpc) is 2.52. The van der Waals surface area contributed by atoms with Crippen LogP contribution < -0.4 is 0 Å². The Morgan fingerprint density at radius 1 is 1.26 bits per heavy atom. The number of hydrogen-bond acceptors (Lipinski definition) is 4. The lowest BCUT2D eigenvalue weighted by Gasteiger charge is -2.54. The first kappa shape index (κ1) is 17.8. The monoisotopic (exact) mass is 326 g/mol. The summed E-state index contributed by atoms with van der Waals surface area (Å²) in [4.78, 5) is 11.3. The number of rotatable bonds is 9. The summed E-state index contributed by atoms with van der Waals surface area (Å²) >= 11 is 0. The van der Waals surface area contributed by atoms with Gasteiger partial charge >= 0.3 is 5.97 Å². The van der Waals surface area contributed by atoms with E-state index in [1.54, 1.807) is 13.8 Å². The van der Waals surface area contributed by atoms with Crippen LogP contribution in [0.2, 0.25) is 0 Å². The number of carboxylic acids is 1. The largest absolute Gasteiger partial charge is 0.479 e. The van der Waals surface area contributed by atoms with Gasteiger partial charge in [-0.25, -0.2) is 9.18 Å². The fourth-order valence-electron chi connectivity index (χ4n) is 3.01. The van der Waals surface area contributed by atoms with E-state index in [9.17, 15) is 14.3 Å². The molecule has 0 aliphatic heterocycles. The highest BCUT2D eigenvalue weighted by atomic mass is 19.1. The molecule has 1 aromatic rings. The van der Waals surface area contributed by atoms with Gasteiger partial charge in [0, 0.05) is 19.6 Å². The minimum atomic E-state index is -2.39. The lowest BCUT2D eigenvalue weighted by Crippen LogP contribution is -2.70. The number of halogens is 1. The Morgan fingerprint density at radius 2 is 1.87 bits per heavy atom. The Morgan fingerprint density at radius 3 is 2.39 bits per heavy atom. The highest BCUT2D eigenvalue weighted by Gasteiger charge is 2.71. The molecule has 128 valence electrons. The van der Waals surface area contributed by atoms with Crippen molar-refractivity contribution < 1.29 is 28.5 Å². The third-order valence-corrected chi connectivity index (χ3v) is 4.12. The van der Waals surface area contributed by atoms with E-state index in [1.165, 1.54) is 0 Å². The summed E-state index contributed by atoms with van der Waals surface area (Å²) in [6, 6.07) is 9.42. The second kappa shape index (κ2) is 7.38. The summed E-state index contributed by atoms with van der Waals surface area (Å²) in [6.45, 7) is 4.35. The molecule has 0 amide bonds. The van der Waals surface area contributed by atoms with Gasteiger partial charge in [0.15, 0.2) is 5.79 Å². The predicted molar refractivity (Wildman–Crippen MR) is 81.7 cm³/mol. The van der Waals surface area contributed by atoms with Crippen LogP contribution in [0.15, 0.2) is 30.3 Å². The Bertz CT molecular complexity index is 515. The predicted octanol–water partition coefficient (Wildman–Crippen LogP) is 2.79. The van der Waals surface area contributed by atoms with Gasteiger partial charge in [0.1, 0.15) is 0 Å². The second-order valence-electron chi connectivity index (χ2n) is 5.58. The lowest BCUT2D eigenvalue weighted by molar-refractivity contribution is -0.357. The van der Waals surface area contributed by atoms with Crippen LogP contribution >= 0.6 is 0 Å². The maximum Gasteiger partial charge on any atom is 0.342 e. The molecule has 1 saturated carbocycles. The van der Waals surface area contributed by atoms with E-state index in [0.717, 1.165) is 5.56 Å². The van der Waals surface area contributed by atoms with E-state index < -0.39 is 23.3 Å². The van der Waals surface area contributed by atoms with Crippen molar-refractivity contribution in [1.82, 2.24) is 0 Å². The summed E-state index contributed by atoms with van der Waals surface area (Å²) in [5, 5.41) is 9.21. The van der Waals surface area contributed by atoms with Crippen LogP contribution in [-0.2, 0) is 25.6 Å². The fourth-order valence-corrected chi connectivity index (χ4v) is 3.01. The van der Waals surface area contributed by atoms with Gasteiger partial charge in [-0.15, -0.1) is 0 Å². The topological polar surface area (TPSA) is 65.0 Å². The Kier molecular flexibility index (Phi) is 5.73. The molecule has 0 aromatic heterocycles. The summed E-state index contributed by atoms with van der Waals surface area (Å²) in [6.07, 6.45) is -0.323. The molecule has 1 aliphatic carbocycles. The first-order valence-electron chi connectivity index (χ1n) is 7.80. The lowest BCUT2D eigenvalue weighted by atomic mass is 9.65. The molecule has 2 atom stereocenters. The van der Waals surface area contributed by atoms with Crippen molar-refractivity contribution >= 4 is 5.97 Å². The van der Waals surface area contributed by atoms with E-state index in [4.69, 9.17) is 14.2 Å². The molecule has 23 heavy (non-hydrogen) atoms. The molecule has 0 heterocycles. The van der Waals surface area contributed by atoms with Crippen molar-refractivity contribution in [3.05, 3.63) is 35.9 Å². The molecule has 2 rings (SSSR count). The summed E-state index contributed by atoms with van der Waals surface area (Å²) < 4.78 is 31.4. The van der Waals surface area contributed by atoms with E-state index in [0.29, 0.717) is 13.2 Å². The SMILES string of the molecule is CCOC1(OCC)CC(F)(C(=O)O)C1COCc1ccccc1. The summed E-state index contributed by atoms with van der Waals surface area (Å²) in [7, 11) is 0. The van der Waals surface area contributed by atoms with Crippen molar-refractivity contribution in [2.24, 2.45) is 5.92 Å². The standard InChI is InChI=1S/C17H23FO5/c1-3-22-17(23-4-2)12-16(18,15(19)20)14(17)11-21-10-13-8-6-5-7-9-13/h5-9,14H,3-4,10-12H2,1-2H3,(H,19,20). The van der Waals surface area contributed by atoms with Crippen molar-refractivity contribution in [2.75, 3.05) is 19.8 Å². The molecule has 1 aliphatic rings.